The summed E-state index contributed by atoms with van der Waals surface area (Å²) in [6.45, 7) is 1.83. The average molecular weight is 282 g/mol. The van der Waals surface area contributed by atoms with E-state index < -0.39 is 4.92 Å². The average Bonchev–Trinajstić information content (AvgIpc) is 2.74. The fourth-order valence-electron chi connectivity index (χ4n) is 1.32. The molecular formula is C10H10N4O2S2. The minimum atomic E-state index is -0.474. The molecule has 2 N–H and O–H groups in total. The van der Waals surface area contributed by atoms with Gasteiger partial charge in [0.25, 0.3) is 5.69 Å². The Kier molecular flexibility index (Phi) is 3.78. The summed E-state index contributed by atoms with van der Waals surface area (Å²) in [5, 5.41) is 10.8. The van der Waals surface area contributed by atoms with Crippen molar-refractivity contribution in [3.63, 3.8) is 0 Å². The van der Waals surface area contributed by atoms with E-state index in [1.54, 1.807) is 12.1 Å². The van der Waals surface area contributed by atoms with Crippen molar-refractivity contribution < 1.29 is 4.92 Å². The summed E-state index contributed by atoms with van der Waals surface area (Å²) in [6, 6.07) is 4.83. The van der Waals surface area contributed by atoms with Gasteiger partial charge in [0.15, 0.2) is 4.34 Å². The molecule has 0 bridgehead atoms. The van der Waals surface area contributed by atoms with E-state index >= 15 is 0 Å². The summed E-state index contributed by atoms with van der Waals surface area (Å²) < 4.78 is 4.92. The van der Waals surface area contributed by atoms with E-state index in [0.717, 1.165) is 15.7 Å². The zero-order valence-electron chi connectivity index (χ0n) is 9.49. The lowest BCUT2D eigenvalue weighted by Crippen LogP contribution is -1.96. The first-order valence-corrected chi connectivity index (χ1v) is 6.78. The minimum Gasteiger partial charge on any atom is -0.393 e. The molecule has 0 unspecified atom stereocenters. The SMILES string of the molecule is Cc1nsc(SCc2ccc(N)c([N+](=O)[O-])c2)n1. The molecule has 94 valence electrons. The van der Waals surface area contributed by atoms with E-state index in [0.29, 0.717) is 5.75 Å². The molecule has 0 saturated heterocycles. The molecule has 0 spiro atoms. The molecule has 0 radical (unpaired) electrons. The van der Waals surface area contributed by atoms with Crippen LogP contribution in [0.2, 0.25) is 0 Å². The zero-order valence-corrected chi connectivity index (χ0v) is 11.1. The number of nitrogens with two attached hydrogens (primary N) is 1. The lowest BCUT2D eigenvalue weighted by molar-refractivity contribution is -0.383. The van der Waals surface area contributed by atoms with E-state index in [9.17, 15) is 10.1 Å². The summed E-state index contributed by atoms with van der Waals surface area (Å²) in [6.07, 6.45) is 0. The molecule has 0 fully saturated rings. The monoisotopic (exact) mass is 282 g/mol. The Labute approximate surface area is 112 Å². The molecular weight excluding hydrogens is 272 g/mol. The maximum absolute atomic E-state index is 10.8. The number of nitrogen functional groups attached to an aromatic ring is 1. The summed E-state index contributed by atoms with van der Waals surface area (Å²) >= 11 is 2.83. The van der Waals surface area contributed by atoms with Gasteiger partial charge in [0, 0.05) is 11.8 Å². The summed E-state index contributed by atoms with van der Waals surface area (Å²) in [7, 11) is 0. The molecule has 0 aliphatic rings. The molecule has 1 aromatic heterocycles. The fourth-order valence-corrected chi connectivity index (χ4v) is 2.91. The highest BCUT2D eigenvalue weighted by atomic mass is 32.2. The van der Waals surface area contributed by atoms with Crippen LogP contribution in [0.5, 0.6) is 0 Å². The number of aryl methyl sites for hydroxylation is 1. The van der Waals surface area contributed by atoms with Crippen molar-refractivity contribution >= 4 is 34.7 Å². The Morgan fingerprint density at radius 3 is 2.94 bits per heavy atom. The molecule has 8 heteroatoms. The normalized spacial score (nSPS) is 10.5. The van der Waals surface area contributed by atoms with Crippen LogP contribution in [0.4, 0.5) is 11.4 Å². The van der Waals surface area contributed by atoms with Gasteiger partial charge in [-0.05, 0) is 30.1 Å². The van der Waals surface area contributed by atoms with Crippen LogP contribution in [0, 0.1) is 17.0 Å². The Morgan fingerprint density at radius 1 is 1.56 bits per heavy atom. The number of anilines is 1. The largest absolute Gasteiger partial charge is 0.393 e. The molecule has 18 heavy (non-hydrogen) atoms. The number of nitro groups is 1. The third-order valence-corrected chi connectivity index (χ3v) is 4.16. The van der Waals surface area contributed by atoms with Crippen molar-refractivity contribution in [1.82, 2.24) is 9.36 Å². The molecule has 0 saturated carbocycles. The van der Waals surface area contributed by atoms with Gasteiger partial charge in [0.05, 0.1) is 4.92 Å². The topological polar surface area (TPSA) is 94.9 Å². The van der Waals surface area contributed by atoms with Gasteiger partial charge in [0.1, 0.15) is 11.5 Å². The van der Waals surface area contributed by atoms with Crippen molar-refractivity contribution in [2.75, 3.05) is 5.73 Å². The number of benzene rings is 1. The summed E-state index contributed by atoms with van der Waals surface area (Å²) in [4.78, 5) is 14.5. The summed E-state index contributed by atoms with van der Waals surface area (Å²) in [5.74, 6) is 1.35. The van der Waals surface area contributed by atoms with Gasteiger partial charge in [0.2, 0.25) is 0 Å². The number of aromatic nitrogens is 2. The molecule has 0 aliphatic carbocycles. The standard InChI is InChI=1S/C10H10N4O2S2/c1-6-12-10(18-13-6)17-5-7-2-3-8(11)9(4-7)14(15)16/h2-4H,5,11H2,1H3. The minimum absolute atomic E-state index is 0.0541. The first-order chi connectivity index (χ1) is 8.56. The van der Waals surface area contributed by atoms with E-state index in [4.69, 9.17) is 5.73 Å². The van der Waals surface area contributed by atoms with Crippen molar-refractivity contribution in [1.29, 1.82) is 0 Å². The Morgan fingerprint density at radius 2 is 2.33 bits per heavy atom. The number of hydrogen-bond donors (Lipinski definition) is 1. The van der Waals surface area contributed by atoms with Crippen LogP contribution in [-0.4, -0.2) is 14.3 Å². The highest BCUT2D eigenvalue weighted by Gasteiger charge is 2.12. The highest BCUT2D eigenvalue weighted by Crippen LogP contribution is 2.28. The number of nitrogens with zero attached hydrogens (tertiary/aromatic N) is 3. The number of thioether (sulfide) groups is 1. The highest BCUT2D eigenvalue weighted by molar-refractivity contribution is 8.00. The van der Waals surface area contributed by atoms with Crippen molar-refractivity contribution in [3.05, 3.63) is 39.7 Å². The molecule has 1 heterocycles. The van der Waals surface area contributed by atoms with Gasteiger partial charge in [-0.25, -0.2) is 4.98 Å². The van der Waals surface area contributed by atoms with Crippen LogP contribution in [0.1, 0.15) is 11.4 Å². The van der Waals surface area contributed by atoms with Crippen LogP contribution in [0.15, 0.2) is 22.5 Å². The van der Waals surface area contributed by atoms with E-state index in [2.05, 4.69) is 9.36 Å². The molecule has 0 amide bonds. The van der Waals surface area contributed by atoms with E-state index in [1.165, 1.54) is 29.4 Å². The van der Waals surface area contributed by atoms with Crippen LogP contribution in [0.25, 0.3) is 0 Å². The van der Waals surface area contributed by atoms with Gasteiger partial charge in [-0.1, -0.05) is 17.8 Å². The fraction of sp³-hybridized carbons (Fsp3) is 0.200. The number of hydrogen-bond acceptors (Lipinski definition) is 7. The molecule has 2 rings (SSSR count). The second kappa shape index (κ2) is 5.32. The predicted octanol–water partition coefficient (Wildman–Crippen LogP) is 2.63. The quantitative estimate of drug-likeness (QED) is 0.401. The van der Waals surface area contributed by atoms with Gasteiger partial charge < -0.3 is 5.73 Å². The smallest absolute Gasteiger partial charge is 0.292 e. The molecule has 1 aromatic carbocycles. The Bertz CT molecular complexity index is 585. The Hall–Kier alpha value is -1.67. The zero-order chi connectivity index (χ0) is 13.1. The maximum atomic E-state index is 10.8. The predicted molar refractivity (Wildman–Crippen MR) is 71.7 cm³/mol. The number of rotatable bonds is 4. The van der Waals surface area contributed by atoms with Crippen LogP contribution < -0.4 is 5.73 Å². The third kappa shape index (κ3) is 2.96. The van der Waals surface area contributed by atoms with Crippen molar-refractivity contribution in [3.8, 4) is 0 Å². The second-order valence-electron chi connectivity index (χ2n) is 3.55. The molecule has 0 aliphatic heterocycles. The van der Waals surface area contributed by atoms with Gasteiger partial charge in [-0.3, -0.25) is 10.1 Å². The van der Waals surface area contributed by atoms with Crippen LogP contribution in [-0.2, 0) is 5.75 Å². The van der Waals surface area contributed by atoms with Gasteiger partial charge in [-0.15, -0.1) is 0 Å². The molecule has 0 atom stereocenters. The van der Waals surface area contributed by atoms with Crippen LogP contribution in [0.3, 0.4) is 0 Å². The molecule has 6 nitrogen and oxygen atoms in total. The third-order valence-electron chi connectivity index (χ3n) is 2.16. The van der Waals surface area contributed by atoms with Crippen LogP contribution >= 0.6 is 23.3 Å². The number of nitro benzene ring substituents is 1. The van der Waals surface area contributed by atoms with Crippen molar-refractivity contribution in [2.45, 2.75) is 17.0 Å². The lowest BCUT2D eigenvalue weighted by Gasteiger charge is -2.01. The van der Waals surface area contributed by atoms with Gasteiger partial charge >= 0.3 is 0 Å². The first-order valence-electron chi connectivity index (χ1n) is 5.02. The van der Waals surface area contributed by atoms with E-state index in [1.807, 2.05) is 6.92 Å². The summed E-state index contributed by atoms with van der Waals surface area (Å²) in [5.41, 5.74) is 6.50. The van der Waals surface area contributed by atoms with E-state index in [-0.39, 0.29) is 11.4 Å². The maximum Gasteiger partial charge on any atom is 0.292 e. The first kappa shape index (κ1) is 12.8. The lowest BCUT2D eigenvalue weighted by atomic mass is 10.2. The molecule has 2 aromatic rings. The van der Waals surface area contributed by atoms with Gasteiger partial charge in [-0.2, -0.15) is 4.37 Å². The Balaban J connectivity index is 2.10. The van der Waals surface area contributed by atoms with Crippen molar-refractivity contribution in [2.24, 2.45) is 0 Å². The second-order valence-corrected chi connectivity index (χ2v) is 5.52.